The van der Waals surface area contributed by atoms with Crippen LogP contribution >= 0.6 is 0 Å². The van der Waals surface area contributed by atoms with Gasteiger partial charge in [-0.05, 0) is 48.5 Å². The van der Waals surface area contributed by atoms with Gasteiger partial charge >= 0.3 is 0 Å². The average molecular weight is 358 g/mol. The van der Waals surface area contributed by atoms with Gasteiger partial charge in [-0.3, -0.25) is 4.79 Å². The van der Waals surface area contributed by atoms with E-state index in [0.717, 1.165) is 5.69 Å². The highest BCUT2D eigenvalue weighted by Crippen LogP contribution is 2.34. The van der Waals surface area contributed by atoms with E-state index in [4.69, 9.17) is 14.7 Å². The van der Waals surface area contributed by atoms with Gasteiger partial charge in [-0.25, -0.2) is 4.98 Å². The van der Waals surface area contributed by atoms with Gasteiger partial charge in [0.1, 0.15) is 5.82 Å². The normalized spacial score (nSPS) is 11.5. The lowest BCUT2D eigenvalue weighted by atomic mass is 10.2. The molecule has 1 aromatic heterocycles. The number of amides is 1. The molecule has 0 fully saturated rings. The summed E-state index contributed by atoms with van der Waals surface area (Å²) in [6.07, 6.45) is 1.49. The van der Waals surface area contributed by atoms with Crippen molar-refractivity contribution in [3.63, 3.8) is 0 Å². The molecule has 27 heavy (non-hydrogen) atoms. The summed E-state index contributed by atoms with van der Waals surface area (Å²) in [4.78, 5) is 16.6. The number of carbonyl (C=O) groups excluding carboxylic acids is 1. The largest absolute Gasteiger partial charge is 0.454 e. The van der Waals surface area contributed by atoms with Crippen LogP contribution in [0.15, 0.2) is 60.8 Å². The highest BCUT2D eigenvalue weighted by atomic mass is 16.7. The Morgan fingerprint density at radius 1 is 1.00 bits per heavy atom. The molecule has 0 saturated heterocycles. The number of aromatic nitrogens is 1. The Hall–Kier alpha value is -4.05. The second kappa shape index (κ2) is 7.06. The van der Waals surface area contributed by atoms with Crippen LogP contribution in [0, 0.1) is 11.3 Å². The molecule has 0 bridgehead atoms. The van der Waals surface area contributed by atoms with E-state index in [-0.39, 0.29) is 12.7 Å². The zero-order chi connectivity index (χ0) is 18.6. The van der Waals surface area contributed by atoms with E-state index in [2.05, 4.69) is 15.6 Å². The molecule has 0 radical (unpaired) electrons. The number of nitrogens with one attached hydrogen (secondary N) is 2. The first-order chi connectivity index (χ1) is 13.2. The van der Waals surface area contributed by atoms with Crippen LogP contribution in [-0.4, -0.2) is 17.7 Å². The van der Waals surface area contributed by atoms with Gasteiger partial charge < -0.3 is 20.1 Å². The number of pyridine rings is 1. The molecule has 2 N–H and O–H groups in total. The molecule has 1 aliphatic rings. The van der Waals surface area contributed by atoms with Crippen molar-refractivity contribution in [1.29, 1.82) is 5.26 Å². The molecular weight excluding hydrogens is 344 g/mol. The summed E-state index contributed by atoms with van der Waals surface area (Å²) >= 11 is 0. The Bertz CT molecular complexity index is 1020. The van der Waals surface area contributed by atoms with Gasteiger partial charge in [-0.1, -0.05) is 0 Å². The van der Waals surface area contributed by atoms with Crippen molar-refractivity contribution in [2.45, 2.75) is 0 Å². The Labute approximate surface area is 155 Å². The average Bonchev–Trinajstić information content (AvgIpc) is 3.17. The number of nitrogens with zero attached hydrogens (tertiary/aromatic N) is 2. The van der Waals surface area contributed by atoms with E-state index in [0.29, 0.717) is 34.1 Å². The van der Waals surface area contributed by atoms with Gasteiger partial charge in [0, 0.05) is 23.6 Å². The van der Waals surface area contributed by atoms with Crippen LogP contribution in [0.3, 0.4) is 0 Å². The minimum absolute atomic E-state index is 0.222. The molecule has 2 heterocycles. The van der Waals surface area contributed by atoms with Crippen LogP contribution in [0.2, 0.25) is 0 Å². The van der Waals surface area contributed by atoms with Crippen LogP contribution in [-0.2, 0) is 0 Å². The summed E-state index contributed by atoms with van der Waals surface area (Å²) in [5, 5.41) is 14.7. The number of hydrogen-bond donors (Lipinski definition) is 2. The summed E-state index contributed by atoms with van der Waals surface area (Å²) in [5.41, 5.74) is 2.38. The SMILES string of the molecule is N#Cc1ccc(NC(=O)c2ccc(Nc3ccc4c(c3)OCO4)nc2)cc1. The van der Waals surface area contributed by atoms with Crippen molar-refractivity contribution in [2.75, 3.05) is 17.4 Å². The maximum atomic E-state index is 12.3. The van der Waals surface area contributed by atoms with Crippen molar-refractivity contribution < 1.29 is 14.3 Å². The minimum atomic E-state index is -0.276. The maximum absolute atomic E-state index is 12.3. The molecule has 4 rings (SSSR count). The summed E-state index contributed by atoms with van der Waals surface area (Å²) in [6, 6.07) is 17.6. The fourth-order valence-electron chi connectivity index (χ4n) is 2.56. The Balaban J connectivity index is 1.42. The first-order valence-corrected chi connectivity index (χ1v) is 8.15. The van der Waals surface area contributed by atoms with Crippen LogP contribution in [0.1, 0.15) is 15.9 Å². The first-order valence-electron chi connectivity index (χ1n) is 8.15. The third kappa shape index (κ3) is 3.65. The first kappa shape index (κ1) is 16.4. The molecule has 7 nitrogen and oxygen atoms in total. The van der Waals surface area contributed by atoms with Gasteiger partial charge in [0.15, 0.2) is 11.5 Å². The van der Waals surface area contributed by atoms with Gasteiger partial charge in [0.2, 0.25) is 6.79 Å². The van der Waals surface area contributed by atoms with E-state index in [1.165, 1.54) is 6.20 Å². The van der Waals surface area contributed by atoms with Gasteiger partial charge in [-0.2, -0.15) is 5.26 Å². The summed E-state index contributed by atoms with van der Waals surface area (Å²) in [7, 11) is 0. The Kier molecular flexibility index (Phi) is 4.29. The molecule has 1 amide bonds. The Morgan fingerprint density at radius 3 is 2.52 bits per heavy atom. The number of anilines is 3. The highest BCUT2D eigenvalue weighted by Gasteiger charge is 2.13. The number of ether oxygens (including phenoxy) is 2. The number of benzene rings is 2. The predicted molar refractivity (Wildman–Crippen MR) is 99.2 cm³/mol. The van der Waals surface area contributed by atoms with Gasteiger partial charge in [0.05, 0.1) is 17.2 Å². The lowest BCUT2D eigenvalue weighted by Gasteiger charge is -2.08. The third-order valence-corrected chi connectivity index (χ3v) is 3.94. The van der Waals surface area contributed by atoms with Crippen LogP contribution in [0.5, 0.6) is 11.5 Å². The maximum Gasteiger partial charge on any atom is 0.257 e. The molecule has 0 saturated carbocycles. The number of fused-ring (bicyclic) bond motifs is 1. The van der Waals surface area contributed by atoms with Crippen molar-refractivity contribution in [3.05, 3.63) is 71.9 Å². The van der Waals surface area contributed by atoms with E-state index in [1.807, 2.05) is 24.3 Å². The topological polar surface area (TPSA) is 96.3 Å². The number of rotatable bonds is 4. The fraction of sp³-hybridized carbons (Fsp3) is 0.0500. The summed E-state index contributed by atoms with van der Waals surface area (Å²) in [6.45, 7) is 0.222. The molecule has 0 unspecified atom stereocenters. The molecule has 2 aromatic carbocycles. The van der Waals surface area contributed by atoms with Crippen LogP contribution < -0.4 is 20.1 Å². The molecule has 3 aromatic rings. The van der Waals surface area contributed by atoms with Crippen molar-refractivity contribution in [1.82, 2.24) is 4.98 Å². The number of nitriles is 1. The predicted octanol–water partition coefficient (Wildman–Crippen LogP) is 3.68. The molecule has 132 valence electrons. The van der Waals surface area contributed by atoms with Gasteiger partial charge in [0.25, 0.3) is 5.91 Å². The second-order valence-electron chi connectivity index (χ2n) is 5.77. The minimum Gasteiger partial charge on any atom is -0.454 e. The van der Waals surface area contributed by atoms with Crippen molar-refractivity contribution in [2.24, 2.45) is 0 Å². The fourth-order valence-corrected chi connectivity index (χ4v) is 2.56. The molecular formula is C20H14N4O3. The number of carbonyl (C=O) groups is 1. The standard InChI is InChI=1S/C20H14N4O3/c21-10-13-1-4-15(5-2-13)24-20(25)14-3-8-19(22-11-14)23-16-6-7-17-18(9-16)27-12-26-17/h1-9,11H,12H2,(H,22,23)(H,24,25). The van der Waals surface area contributed by atoms with E-state index in [9.17, 15) is 4.79 Å². The van der Waals surface area contributed by atoms with Crippen LogP contribution in [0.25, 0.3) is 0 Å². The van der Waals surface area contributed by atoms with E-state index in [1.54, 1.807) is 36.4 Å². The molecule has 0 atom stereocenters. The summed E-state index contributed by atoms with van der Waals surface area (Å²) < 4.78 is 10.6. The van der Waals surface area contributed by atoms with E-state index < -0.39 is 0 Å². The highest BCUT2D eigenvalue weighted by molar-refractivity contribution is 6.04. The van der Waals surface area contributed by atoms with Crippen LogP contribution in [0.4, 0.5) is 17.2 Å². The van der Waals surface area contributed by atoms with E-state index >= 15 is 0 Å². The zero-order valence-corrected chi connectivity index (χ0v) is 14.1. The monoisotopic (exact) mass is 358 g/mol. The zero-order valence-electron chi connectivity index (χ0n) is 14.1. The van der Waals surface area contributed by atoms with Crippen molar-refractivity contribution >= 4 is 23.1 Å². The quantitative estimate of drug-likeness (QED) is 0.738. The second-order valence-corrected chi connectivity index (χ2v) is 5.77. The third-order valence-electron chi connectivity index (χ3n) is 3.94. The lowest BCUT2D eigenvalue weighted by Crippen LogP contribution is -2.12. The summed E-state index contributed by atoms with van der Waals surface area (Å²) in [5.74, 6) is 1.72. The van der Waals surface area contributed by atoms with Gasteiger partial charge in [-0.15, -0.1) is 0 Å². The smallest absolute Gasteiger partial charge is 0.257 e. The molecule has 7 heteroatoms. The number of hydrogen-bond acceptors (Lipinski definition) is 6. The molecule has 0 aliphatic carbocycles. The molecule has 0 spiro atoms. The Morgan fingerprint density at radius 2 is 1.78 bits per heavy atom. The molecule has 1 aliphatic heterocycles. The lowest BCUT2D eigenvalue weighted by molar-refractivity contribution is 0.102. The van der Waals surface area contributed by atoms with Crippen molar-refractivity contribution in [3.8, 4) is 17.6 Å².